The Morgan fingerprint density at radius 3 is 1.48 bits per heavy atom. The summed E-state index contributed by atoms with van der Waals surface area (Å²) in [4.78, 5) is 2.55. The Hall–Kier alpha value is -10.5. The number of fused-ring (bicyclic) bond motifs is 16. The smallest absolute Gasteiger partial charge is 0.0755 e. The molecule has 1 atom stereocenters. The van der Waals surface area contributed by atoms with Crippen molar-refractivity contribution >= 4 is 71.4 Å². The molecule has 3 nitrogen and oxygen atoms in total. The minimum absolute atomic E-state index is 0.607. The van der Waals surface area contributed by atoms with E-state index in [1.54, 1.807) is 0 Å². The van der Waals surface area contributed by atoms with Gasteiger partial charge in [0.2, 0.25) is 0 Å². The second-order valence-electron chi connectivity index (χ2n) is 21.5. The van der Waals surface area contributed by atoms with Crippen LogP contribution in [0, 0.1) is 0 Å². The second-order valence-corrected chi connectivity index (χ2v) is 21.5. The van der Waals surface area contributed by atoms with Crippen LogP contribution in [0.4, 0.5) is 17.1 Å². The highest BCUT2D eigenvalue weighted by molar-refractivity contribution is 6.14. The molecule has 80 heavy (non-hydrogen) atoms. The summed E-state index contributed by atoms with van der Waals surface area (Å²) >= 11 is 0. The first-order valence-electron chi connectivity index (χ1n) is 27.8. The average molecular weight is 1020 g/mol. The molecule has 1 aliphatic heterocycles. The van der Waals surface area contributed by atoms with Gasteiger partial charge in [0.15, 0.2) is 0 Å². The molecule has 0 N–H and O–H groups in total. The number of anilines is 3. The number of benzene rings is 13. The molecule has 2 aromatic heterocycles. The molecule has 0 amide bonds. The lowest BCUT2D eigenvalue weighted by molar-refractivity contribution is 0.748. The first-order chi connectivity index (χ1) is 39.7. The van der Waals surface area contributed by atoms with Crippen LogP contribution in [0.3, 0.4) is 0 Å². The summed E-state index contributed by atoms with van der Waals surface area (Å²) in [5.74, 6) is 0. The topological polar surface area (TPSA) is 13.1 Å². The maximum Gasteiger partial charge on any atom is 0.0755 e. The highest BCUT2D eigenvalue weighted by atomic mass is 15.1. The van der Waals surface area contributed by atoms with Crippen molar-refractivity contribution in [3.05, 3.63) is 320 Å². The van der Waals surface area contributed by atoms with E-state index in [1.807, 2.05) is 0 Å². The second kappa shape index (κ2) is 17.3. The van der Waals surface area contributed by atoms with Crippen molar-refractivity contribution in [3.63, 3.8) is 0 Å². The Balaban J connectivity index is 0.887. The molecule has 15 aromatic rings. The van der Waals surface area contributed by atoms with Crippen LogP contribution in [0.1, 0.15) is 22.3 Å². The van der Waals surface area contributed by atoms with E-state index in [9.17, 15) is 0 Å². The molecule has 0 saturated heterocycles. The van der Waals surface area contributed by atoms with E-state index in [-0.39, 0.29) is 0 Å². The number of nitrogens with zero attached hydrogens (tertiary/aromatic N) is 3. The summed E-state index contributed by atoms with van der Waals surface area (Å²) in [5, 5.41) is 7.53. The zero-order valence-corrected chi connectivity index (χ0v) is 43.6. The summed E-state index contributed by atoms with van der Waals surface area (Å²) in [6.07, 6.45) is 0. The molecule has 372 valence electrons. The van der Waals surface area contributed by atoms with Crippen LogP contribution < -0.4 is 4.90 Å². The molecule has 2 aliphatic rings. The van der Waals surface area contributed by atoms with Crippen molar-refractivity contribution in [2.75, 3.05) is 4.90 Å². The average Bonchev–Trinajstić information content (AvgIpc) is 4.21. The third-order valence-electron chi connectivity index (χ3n) is 17.5. The highest BCUT2D eigenvalue weighted by Gasteiger charge is 2.51. The monoisotopic (exact) mass is 1020 g/mol. The predicted molar refractivity (Wildman–Crippen MR) is 334 cm³/mol. The summed E-state index contributed by atoms with van der Waals surface area (Å²) in [5.41, 5.74) is 24.7. The molecular weight excluding hydrogens is 967 g/mol. The lowest BCUT2D eigenvalue weighted by atomic mass is 9.65. The van der Waals surface area contributed by atoms with Gasteiger partial charge in [-0.15, -0.1) is 0 Å². The lowest BCUT2D eigenvalue weighted by Crippen LogP contribution is -2.33. The zero-order chi connectivity index (χ0) is 52.5. The fourth-order valence-electron chi connectivity index (χ4n) is 14.3. The number of para-hydroxylation sites is 6. The van der Waals surface area contributed by atoms with Crippen LogP contribution in [-0.2, 0) is 5.41 Å². The van der Waals surface area contributed by atoms with Crippen molar-refractivity contribution in [2.45, 2.75) is 5.41 Å². The van der Waals surface area contributed by atoms with E-state index in [0.29, 0.717) is 0 Å². The molecule has 0 fully saturated rings. The van der Waals surface area contributed by atoms with Gasteiger partial charge < -0.3 is 14.0 Å². The van der Waals surface area contributed by atoms with Gasteiger partial charge in [-0.25, -0.2) is 0 Å². The predicted octanol–water partition coefficient (Wildman–Crippen LogP) is 20.2. The normalized spacial score (nSPS) is 14.1. The molecule has 17 rings (SSSR count). The molecule has 3 heteroatoms. The molecule has 0 saturated carbocycles. The van der Waals surface area contributed by atoms with Crippen LogP contribution >= 0.6 is 0 Å². The molecule has 1 spiro atoms. The standard InChI is InChI=1S/C77H49N3/c1-2-22-55-52(20-1)21-17-30-56(55)57-23-3-4-24-58(57)59-25-6-12-36-69(59)79(54-48-44-51(45-49-54)50-42-46-53(47-43-50)78-70-37-13-7-26-60(70)61-27-8-14-38-71(61)78)74-41-19-34-67-75(74)64-29-5-10-32-65(64)77(67)66-33-11-16-40-73(66)80-72-39-15-9-28-62(72)63-31-18-35-68(77)76(63)80/h1-49H. The van der Waals surface area contributed by atoms with Gasteiger partial charge in [-0.1, -0.05) is 237 Å². The van der Waals surface area contributed by atoms with Gasteiger partial charge in [-0.2, -0.15) is 0 Å². The van der Waals surface area contributed by atoms with Crippen molar-refractivity contribution in [1.29, 1.82) is 0 Å². The molecule has 13 aromatic carbocycles. The van der Waals surface area contributed by atoms with Crippen molar-refractivity contribution in [3.8, 4) is 55.9 Å². The fraction of sp³-hybridized carbons (Fsp3) is 0.0130. The SMILES string of the molecule is c1ccc(-c2cccc3ccccc23)c(-c2ccccc2N(c2ccc(-c3ccc(-n4c5ccccc5c5ccccc54)cc3)cc2)c2cccc3c2-c2ccccc2C32c3ccccc3-n3c4ccccc4c4cccc2c43)c1. The maximum absolute atomic E-state index is 2.55. The minimum Gasteiger partial charge on any atom is -0.309 e. The van der Waals surface area contributed by atoms with Gasteiger partial charge >= 0.3 is 0 Å². The number of hydrogen-bond acceptors (Lipinski definition) is 1. The Morgan fingerprint density at radius 1 is 0.275 bits per heavy atom. The Morgan fingerprint density at radius 2 is 0.738 bits per heavy atom. The van der Waals surface area contributed by atoms with E-state index >= 15 is 0 Å². The van der Waals surface area contributed by atoms with Crippen molar-refractivity contribution in [1.82, 2.24) is 9.13 Å². The van der Waals surface area contributed by atoms with Crippen molar-refractivity contribution < 1.29 is 0 Å². The number of aromatic nitrogens is 2. The van der Waals surface area contributed by atoms with E-state index in [1.165, 1.54) is 110 Å². The van der Waals surface area contributed by atoms with Crippen molar-refractivity contribution in [2.24, 2.45) is 0 Å². The number of hydrogen-bond donors (Lipinski definition) is 0. The zero-order valence-electron chi connectivity index (χ0n) is 43.6. The Kier molecular flexibility index (Phi) is 9.63. The molecular formula is C77H49N3. The third kappa shape index (κ3) is 6.20. The first-order valence-corrected chi connectivity index (χ1v) is 27.8. The van der Waals surface area contributed by atoms with E-state index < -0.39 is 5.41 Å². The van der Waals surface area contributed by atoms with Gasteiger partial charge in [0.25, 0.3) is 0 Å². The quantitative estimate of drug-likeness (QED) is 0.155. The van der Waals surface area contributed by atoms with Crippen LogP contribution in [-0.4, -0.2) is 9.13 Å². The van der Waals surface area contributed by atoms with Crippen LogP contribution in [0.2, 0.25) is 0 Å². The third-order valence-corrected chi connectivity index (χ3v) is 17.5. The van der Waals surface area contributed by atoms with Crippen LogP contribution in [0.5, 0.6) is 0 Å². The van der Waals surface area contributed by atoms with Gasteiger partial charge in [0.1, 0.15) is 0 Å². The van der Waals surface area contributed by atoms with E-state index in [2.05, 4.69) is 311 Å². The largest absolute Gasteiger partial charge is 0.309 e. The minimum atomic E-state index is -0.607. The van der Waals surface area contributed by atoms with E-state index in [4.69, 9.17) is 0 Å². The molecule has 0 bridgehead atoms. The van der Waals surface area contributed by atoms with Crippen LogP contribution in [0.25, 0.3) is 110 Å². The van der Waals surface area contributed by atoms with Gasteiger partial charge in [-0.05, 0) is 127 Å². The molecule has 3 heterocycles. The van der Waals surface area contributed by atoms with Gasteiger partial charge in [0, 0.05) is 44.0 Å². The maximum atomic E-state index is 2.55. The molecule has 1 aliphatic carbocycles. The van der Waals surface area contributed by atoms with Gasteiger partial charge in [0.05, 0.1) is 44.5 Å². The summed E-state index contributed by atoms with van der Waals surface area (Å²) < 4.78 is 4.92. The van der Waals surface area contributed by atoms with E-state index in [0.717, 1.165) is 39.4 Å². The molecule has 0 radical (unpaired) electrons. The van der Waals surface area contributed by atoms with Crippen LogP contribution in [0.15, 0.2) is 297 Å². The summed E-state index contributed by atoms with van der Waals surface area (Å²) in [6.45, 7) is 0. The highest BCUT2D eigenvalue weighted by Crippen LogP contribution is 2.63. The first kappa shape index (κ1) is 44.6. The Bertz CT molecular complexity index is 4960. The number of rotatable bonds is 7. The fourth-order valence-corrected chi connectivity index (χ4v) is 14.3. The summed E-state index contributed by atoms with van der Waals surface area (Å²) in [7, 11) is 0. The lowest BCUT2D eigenvalue weighted by Gasteiger charge is -2.39. The Labute approximate surface area is 463 Å². The molecule has 1 unspecified atom stereocenters. The summed E-state index contributed by atoms with van der Waals surface area (Å²) in [6, 6.07) is 111. The van der Waals surface area contributed by atoms with Gasteiger partial charge in [-0.3, -0.25) is 0 Å².